The van der Waals surface area contributed by atoms with E-state index in [0.29, 0.717) is 19.1 Å². The van der Waals surface area contributed by atoms with Gasteiger partial charge in [-0.25, -0.2) is 0 Å². The molecule has 1 saturated heterocycles. The molecule has 22 heavy (non-hydrogen) atoms. The SMILES string of the molecule is c1ccc(-n2nnnc2N2CCOC(c3ccco3)C2)cc1. The van der Waals surface area contributed by atoms with Gasteiger partial charge in [-0.05, 0) is 34.7 Å². The van der Waals surface area contributed by atoms with Crippen LogP contribution in [0, 0.1) is 0 Å². The molecule has 1 aliphatic heterocycles. The Labute approximate surface area is 127 Å². The van der Waals surface area contributed by atoms with Gasteiger partial charge in [0, 0.05) is 6.54 Å². The number of para-hydroxylation sites is 1. The van der Waals surface area contributed by atoms with Crippen LogP contribution in [0.25, 0.3) is 5.69 Å². The number of rotatable bonds is 3. The van der Waals surface area contributed by atoms with Crippen LogP contribution in [0.4, 0.5) is 5.95 Å². The summed E-state index contributed by atoms with van der Waals surface area (Å²) in [5.74, 6) is 1.54. The molecule has 4 rings (SSSR count). The average Bonchev–Trinajstić information content (AvgIpc) is 3.27. The third-order valence-corrected chi connectivity index (χ3v) is 3.66. The standard InChI is InChI=1S/C15H15N5O2/c1-2-5-12(6-3-1)20-15(16-17-18-20)19-8-10-22-14(11-19)13-7-4-9-21-13/h1-7,9,14H,8,10-11H2. The van der Waals surface area contributed by atoms with Gasteiger partial charge in [0.15, 0.2) is 0 Å². The van der Waals surface area contributed by atoms with Crippen molar-refractivity contribution >= 4 is 5.95 Å². The third kappa shape index (κ3) is 2.35. The van der Waals surface area contributed by atoms with E-state index in [1.54, 1.807) is 10.9 Å². The summed E-state index contributed by atoms with van der Waals surface area (Å²) >= 11 is 0. The number of nitrogens with zero attached hydrogens (tertiary/aromatic N) is 5. The van der Waals surface area contributed by atoms with Crippen molar-refractivity contribution in [2.75, 3.05) is 24.6 Å². The van der Waals surface area contributed by atoms with E-state index >= 15 is 0 Å². The molecule has 0 radical (unpaired) electrons. The molecule has 7 nitrogen and oxygen atoms in total. The van der Waals surface area contributed by atoms with Crippen molar-refractivity contribution in [3.8, 4) is 5.69 Å². The molecular formula is C15H15N5O2. The fraction of sp³-hybridized carbons (Fsp3) is 0.267. The maximum Gasteiger partial charge on any atom is 0.250 e. The van der Waals surface area contributed by atoms with Gasteiger partial charge in [0.1, 0.15) is 11.9 Å². The molecule has 0 amide bonds. The van der Waals surface area contributed by atoms with Crippen LogP contribution < -0.4 is 4.90 Å². The van der Waals surface area contributed by atoms with Crippen LogP contribution in [0.5, 0.6) is 0 Å². The molecule has 112 valence electrons. The van der Waals surface area contributed by atoms with Gasteiger partial charge in [-0.3, -0.25) is 0 Å². The highest BCUT2D eigenvalue weighted by Crippen LogP contribution is 2.25. The topological polar surface area (TPSA) is 69.2 Å². The summed E-state index contributed by atoms with van der Waals surface area (Å²) in [5, 5.41) is 12.1. The molecule has 7 heteroatoms. The molecule has 1 unspecified atom stereocenters. The normalized spacial score (nSPS) is 18.5. The van der Waals surface area contributed by atoms with E-state index < -0.39 is 0 Å². The van der Waals surface area contributed by atoms with Crippen LogP contribution in [0.2, 0.25) is 0 Å². The van der Waals surface area contributed by atoms with Crippen molar-refractivity contribution in [1.29, 1.82) is 0 Å². The maximum atomic E-state index is 5.78. The highest BCUT2D eigenvalue weighted by atomic mass is 16.5. The minimum Gasteiger partial charge on any atom is -0.467 e. The second-order valence-electron chi connectivity index (χ2n) is 5.05. The average molecular weight is 297 g/mol. The Morgan fingerprint density at radius 3 is 2.82 bits per heavy atom. The summed E-state index contributed by atoms with van der Waals surface area (Å²) in [6, 6.07) is 13.6. The number of morpholine rings is 1. The number of benzene rings is 1. The molecule has 0 N–H and O–H groups in total. The third-order valence-electron chi connectivity index (χ3n) is 3.66. The lowest BCUT2D eigenvalue weighted by molar-refractivity contribution is 0.0251. The number of furan rings is 1. The summed E-state index contributed by atoms with van der Waals surface area (Å²) < 4.78 is 13.0. The van der Waals surface area contributed by atoms with Crippen LogP contribution in [0.1, 0.15) is 11.9 Å². The van der Waals surface area contributed by atoms with Crippen LogP contribution in [0.15, 0.2) is 53.1 Å². The molecule has 1 fully saturated rings. The van der Waals surface area contributed by atoms with E-state index in [9.17, 15) is 0 Å². The molecule has 3 heterocycles. The molecular weight excluding hydrogens is 282 g/mol. The zero-order valence-electron chi connectivity index (χ0n) is 11.9. The first-order valence-electron chi connectivity index (χ1n) is 7.15. The minimum absolute atomic E-state index is 0.107. The van der Waals surface area contributed by atoms with Crippen molar-refractivity contribution in [1.82, 2.24) is 20.2 Å². The minimum atomic E-state index is -0.107. The van der Waals surface area contributed by atoms with Gasteiger partial charge < -0.3 is 14.1 Å². The highest BCUT2D eigenvalue weighted by Gasteiger charge is 2.27. The van der Waals surface area contributed by atoms with Crippen LogP contribution in [0.3, 0.4) is 0 Å². The van der Waals surface area contributed by atoms with Gasteiger partial charge >= 0.3 is 0 Å². The van der Waals surface area contributed by atoms with Crippen LogP contribution in [-0.4, -0.2) is 39.9 Å². The van der Waals surface area contributed by atoms with Crippen molar-refractivity contribution in [2.45, 2.75) is 6.10 Å². The Morgan fingerprint density at radius 1 is 1.09 bits per heavy atom. The van der Waals surface area contributed by atoms with Gasteiger partial charge in [0.2, 0.25) is 0 Å². The van der Waals surface area contributed by atoms with E-state index in [1.165, 1.54) is 0 Å². The van der Waals surface area contributed by atoms with Crippen LogP contribution in [-0.2, 0) is 4.74 Å². The van der Waals surface area contributed by atoms with E-state index in [1.807, 2.05) is 42.5 Å². The summed E-state index contributed by atoms with van der Waals surface area (Å²) in [7, 11) is 0. The second-order valence-corrected chi connectivity index (χ2v) is 5.05. The maximum absolute atomic E-state index is 5.78. The van der Waals surface area contributed by atoms with Crippen molar-refractivity contribution < 1.29 is 9.15 Å². The zero-order chi connectivity index (χ0) is 14.8. The number of aromatic nitrogens is 4. The van der Waals surface area contributed by atoms with Gasteiger partial charge in [0.05, 0.1) is 25.1 Å². The first-order chi connectivity index (χ1) is 10.9. The number of hydrogen-bond donors (Lipinski definition) is 0. The molecule has 0 saturated carbocycles. The summed E-state index contributed by atoms with van der Waals surface area (Å²) in [5.41, 5.74) is 0.934. The molecule has 0 bridgehead atoms. The lowest BCUT2D eigenvalue weighted by atomic mass is 10.2. The predicted molar refractivity (Wildman–Crippen MR) is 78.8 cm³/mol. The van der Waals surface area contributed by atoms with Gasteiger partial charge in [0.25, 0.3) is 5.95 Å². The Bertz CT molecular complexity index is 725. The first-order valence-corrected chi connectivity index (χ1v) is 7.15. The lowest BCUT2D eigenvalue weighted by Gasteiger charge is -2.32. The monoisotopic (exact) mass is 297 g/mol. The molecule has 0 aliphatic carbocycles. The van der Waals surface area contributed by atoms with Gasteiger partial charge in [-0.1, -0.05) is 23.3 Å². The number of ether oxygens (including phenoxy) is 1. The van der Waals surface area contributed by atoms with E-state index in [-0.39, 0.29) is 6.10 Å². The summed E-state index contributed by atoms with van der Waals surface area (Å²) in [6.45, 7) is 2.00. The molecule has 3 aromatic rings. The van der Waals surface area contributed by atoms with Crippen molar-refractivity contribution in [2.24, 2.45) is 0 Å². The first kappa shape index (κ1) is 13.0. The largest absolute Gasteiger partial charge is 0.467 e. The Kier molecular flexibility index (Phi) is 3.32. The molecule has 1 aliphatic rings. The Morgan fingerprint density at radius 2 is 2.00 bits per heavy atom. The lowest BCUT2D eigenvalue weighted by Crippen LogP contribution is -2.39. The highest BCUT2D eigenvalue weighted by molar-refractivity contribution is 5.41. The van der Waals surface area contributed by atoms with Crippen LogP contribution >= 0.6 is 0 Å². The Balaban J connectivity index is 1.61. The van der Waals surface area contributed by atoms with Crippen molar-refractivity contribution in [3.63, 3.8) is 0 Å². The summed E-state index contributed by atoms with van der Waals surface area (Å²) in [4.78, 5) is 2.11. The fourth-order valence-electron chi connectivity index (χ4n) is 2.59. The molecule has 0 spiro atoms. The second kappa shape index (κ2) is 5.61. The fourth-order valence-corrected chi connectivity index (χ4v) is 2.59. The smallest absolute Gasteiger partial charge is 0.250 e. The van der Waals surface area contributed by atoms with E-state index in [0.717, 1.165) is 18.0 Å². The predicted octanol–water partition coefficient (Wildman–Crippen LogP) is 1.83. The number of tetrazole rings is 1. The number of anilines is 1. The molecule has 1 atom stereocenters. The quantitative estimate of drug-likeness (QED) is 0.734. The Hall–Kier alpha value is -2.67. The van der Waals surface area contributed by atoms with E-state index in [2.05, 4.69) is 20.4 Å². The van der Waals surface area contributed by atoms with E-state index in [4.69, 9.17) is 9.15 Å². The number of hydrogen-bond acceptors (Lipinski definition) is 6. The van der Waals surface area contributed by atoms with Crippen molar-refractivity contribution in [3.05, 3.63) is 54.5 Å². The van der Waals surface area contributed by atoms with Gasteiger partial charge in [-0.2, -0.15) is 4.68 Å². The zero-order valence-corrected chi connectivity index (χ0v) is 11.9. The molecule has 1 aromatic carbocycles. The molecule has 2 aromatic heterocycles. The summed E-state index contributed by atoms with van der Waals surface area (Å²) in [6.07, 6.45) is 1.55. The van der Waals surface area contributed by atoms with Gasteiger partial charge in [-0.15, -0.1) is 0 Å².